The molecule has 1 amide bonds. The van der Waals surface area contributed by atoms with E-state index in [1.807, 2.05) is 37.3 Å². The molecule has 0 aliphatic carbocycles. The van der Waals surface area contributed by atoms with Crippen molar-refractivity contribution in [3.05, 3.63) is 30.3 Å². The van der Waals surface area contributed by atoms with E-state index < -0.39 is 0 Å². The van der Waals surface area contributed by atoms with E-state index in [0.717, 1.165) is 18.4 Å². The molecule has 1 aromatic heterocycles. The Morgan fingerprint density at radius 1 is 1.33 bits per heavy atom. The number of nitrogens with one attached hydrogen (secondary N) is 1. The van der Waals surface area contributed by atoms with Crippen molar-refractivity contribution in [2.24, 2.45) is 0 Å². The highest BCUT2D eigenvalue weighted by Crippen LogP contribution is 2.22. The normalized spacial score (nSPS) is 12.1. The first-order chi connectivity index (χ1) is 10.2. The van der Waals surface area contributed by atoms with Crippen molar-refractivity contribution in [3.8, 4) is 11.5 Å². The zero-order chi connectivity index (χ0) is 15.1. The molecule has 0 fully saturated rings. The molecule has 1 heterocycles. The third-order valence-electron chi connectivity index (χ3n) is 2.88. The third kappa shape index (κ3) is 4.90. The molecule has 0 aliphatic rings. The molecule has 0 aliphatic heterocycles. The second kappa shape index (κ2) is 7.83. The first kappa shape index (κ1) is 15.6. The summed E-state index contributed by atoms with van der Waals surface area (Å²) in [5.41, 5.74) is 0.873. The van der Waals surface area contributed by atoms with Gasteiger partial charge in [-0.3, -0.25) is 4.79 Å². The molecule has 2 aromatic rings. The van der Waals surface area contributed by atoms with E-state index in [9.17, 15) is 4.79 Å². The van der Waals surface area contributed by atoms with Crippen LogP contribution in [-0.4, -0.2) is 27.9 Å². The van der Waals surface area contributed by atoms with Gasteiger partial charge in [-0.25, -0.2) is 0 Å². The van der Waals surface area contributed by atoms with Crippen LogP contribution in [0.2, 0.25) is 0 Å². The van der Waals surface area contributed by atoms with E-state index in [1.165, 1.54) is 11.8 Å². The summed E-state index contributed by atoms with van der Waals surface area (Å²) in [5, 5.41) is 11.3. The standard InChI is InChI=1S/C15H19N3O2S/c1-3-7-11(2)16-13(19)10-21-15-18-17-14(20-15)12-8-5-4-6-9-12/h4-6,8-9,11H,3,7,10H2,1-2H3,(H,16,19)/t11-/m0/s1. The predicted molar refractivity (Wildman–Crippen MR) is 83.0 cm³/mol. The summed E-state index contributed by atoms with van der Waals surface area (Å²) >= 11 is 1.25. The van der Waals surface area contributed by atoms with Gasteiger partial charge in [-0.05, 0) is 25.5 Å². The molecule has 1 atom stereocenters. The van der Waals surface area contributed by atoms with Crippen molar-refractivity contribution in [1.29, 1.82) is 0 Å². The largest absolute Gasteiger partial charge is 0.411 e. The van der Waals surface area contributed by atoms with Crippen LogP contribution in [0, 0.1) is 0 Å². The number of benzene rings is 1. The van der Waals surface area contributed by atoms with Gasteiger partial charge in [0.05, 0.1) is 5.75 Å². The number of carbonyl (C=O) groups is 1. The van der Waals surface area contributed by atoms with E-state index in [0.29, 0.717) is 11.1 Å². The molecule has 21 heavy (non-hydrogen) atoms. The molecule has 1 aromatic carbocycles. The Kier molecular flexibility index (Phi) is 5.80. The maximum absolute atomic E-state index is 11.8. The number of hydrogen-bond acceptors (Lipinski definition) is 5. The Morgan fingerprint density at radius 3 is 2.81 bits per heavy atom. The smallest absolute Gasteiger partial charge is 0.277 e. The minimum Gasteiger partial charge on any atom is -0.411 e. The quantitative estimate of drug-likeness (QED) is 0.796. The molecular formula is C15H19N3O2S. The fraction of sp³-hybridized carbons (Fsp3) is 0.400. The number of amides is 1. The molecular weight excluding hydrogens is 286 g/mol. The third-order valence-corrected chi connectivity index (χ3v) is 3.70. The van der Waals surface area contributed by atoms with Gasteiger partial charge >= 0.3 is 0 Å². The average Bonchev–Trinajstić information content (AvgIpc) is 2.95. The first-order valence-corrected chi connectivity index (χ1v) is 7.98. The van der Waals surface area contributed by atoms with Gasteiger partial charge in [0.25, 0.3) is 5.22 Å². The van der Waals surface area contributed by atoms with Gasteiger partial charge in [-0.1, -0.05) is 43.3 Å². The Bertz CT molecular complexity index is 571. The van der Waals surface area contributed by atoms with Crippen molar-refractivity contribution in [2.45, 2.75) is 38.0 Å². The Balaban J connectivity index is 1.84. The van der Waals surface area contributed by atoms with Crippen LogP contribution in [-0.2, 0) is 4.79 Å². The fourth-order valence-corrected chi connectivity index (χ4v) is 2.49. The molecule has 0 saturated carbocycles. The zero-order valence-electron chi connectivity index (χ0n) is 12.2. The van der Waals surface area contributed by atoms with Crippen molar-refractivity contribution in [2.75, 3.05) is 5.75 Å². The summed E-state index contributed by atoms with van der Waals surface area (Å²) in [6.45, 7) is 4.10. The minimum atomic E-state index is -0.0135. The van der Waals surface area contributed by atoms with E-state index in [1.54, 1.807) is 0 Å². The molecule has 0 unspecified atom stereocenters. The predicted octanol–water partition coefficient (Wildman–Crippen LogP) is 3.13. The van der Waals surface area contributed by atoms with Crippen LogP contribution in [0.15, 0.2) is 40.0 Å². The van der Waals surface area contributed by atoms with Crippen LogP contribution >= 0.6 is 11.8 Å². The molecule has 0 spiro atoms. The molecule has 0 radical (unpaired) electrons. The summed E-state index contributed by atoms with van der Waals surface area (Å²) in [4.78, 5) is 11.8. The van der Waals surface area contributed by atoms with Crippen LogP contribution in [0.25, 0.3) is 11.5 Å². The summed E-state index contributed by atoms with van der Waals surface area (Å²) < 4.78 is 5.53. The van der Waals surface area contributed by atoms with E-state index in [4.69, 9.17) is 4.42 Å². The maximum atomic E-state index is 11.8. The molecule has 112 valence electrons. The maximum Gasteiger partial charge on any atom is 0.277 e. The summed E-state index contributed by atoms with van der Waals surface area (Å²) in [6, 6.07) is 9.76. The van der Waals surface area contributed by atoms with Gasteiger partial charge in [0.2, 0.25) is 11.8 Å². The monoisotopic (exact) mass is 305 g/mol. The van der Waals surface area contributed by atoms with Crippen LogP contribution in [0.3, 0.4) is 0 Å². The second-order valence-electron chi connectivity index (χ2n) is 4.79. The second-order valence-corrected chi connectivity index (χ2v) is 5.71. The molecule has 0 bridgehead atoms. The number of rotatable bonds is 7. The Hall–Kier alpha value is -1.82. The van der Waals surface area contributed by atoms with Crippen molar-refractivity contribution in [1.82, 2.24) is 15.5 Å². The lowest BCUT2D eigenvalue weighted by molar-refractivity contribution is -0.119. The van der Waals surface area contributed by atoms with Gasteiger partial charge < -0.3 is 9.73 Å². The van der Waals surface area contributed by atoms with E-state index in [2.05, 4.69) is 22.4 Å². The summed E-state index contributed by atoms with van der Waals surface area (Å²) in [6.07, 6.45) is 2.04. The Labute approximate surface area is 128 Å². The topological polar surface area (TPSA) is 68.0 Å². The summed E-state index contributed by atoms with van der Waals surface area (Å²) in [5.74, 6) is 0.739. The van der Waals surface area contributed by atoms with E-state index >= 15 is 0 Å². The fourth-order valence-electron chi connectivity index (χ4n) is 1.91. The van der Waals surface area contributed by atoms with Crippen molar-refractivity contribution in [3.63, 3.8) is 0 Å². The highest BCUT2D eigenvalue weighted by molar-refractivity contribution is 7.99. The Morgan fingerprint density at radius 2 is 2.10 bits per heavy atom. The SMILES string of the molecule is CCC[C@H](C)NC(=O)CSc1nnc(-c2ccccc2)o1. The zero-order valence-corrected chi connectivity index (χ0v) is 13.0. The molecule has 0 saturated heterocycles. The highest BCUT2D eigenvalue weighted by atomic mass is 32.2. The van der Waals surface area contributed by atoms with Crippen LogP contribution in [0.5, 0.6) is 0 Å². The summed E-state index contributed by atoms with van der Waals surface area (Å²) in [7, 11) is 0. The molecule has 6 heteroatoms. The van der Waals surface area contributed by atoms with Crippen molar-refractivity contribution >= 4 is 17.7 Å². The van der Waals surface area contributed by atoms with Crippen LogP contribution in [0.4, 0.5) is 0 Å². The lowest BCUT2D eigenvalue weighted by Gasteiger charge is -2.11. The molecule has 5 nitrogen and oxygen atoms in total. The number of hydrogen-bond donors (Lipinski definition) is 1. The lowest BCUT2D eigenvalue weighted by atomic mass is 10.2. The van der Waals surface area contributed by atoms with Gasteiger partial charge in [-0.15, -0.1) is 10.2 Å². The van der Waals surface area contributed by atoms with Crippen LogP contribution < -0.4 is 5.32 Å². The van der Waals surface area contributed by atoms with Crippen LogP contribution in [0.1, 0.15) is 26.7 Å². The van der Waals surface area contributed by atoms with Gasteiger partial charge in [0, 0.05) is 11.6 Å². The van der Waals surface area contributed by atoms with Gasteiger partial charge in [0.15, 0.2) is 0 Å². The first-order valence-electron chi connectivity index (χ1n) is 7.00. The molecule has 1 N–H and O–H groups in total. The number of carbonyl (C=O) groups excluding carboxylic acids is 1. The minimum absolute atomic E-state index is 0.0135. The number of thioether (sulfide) groups is 1. The highest BCUT2D eigenvalue weighted by Gasteiger charge is 2.12. The van der Waals surface area contributed by atoms with Gasteiger partial charge in [0.1, 0.15) is 0 Å². The van der Waals surface area contributed by atoms with Crippen molar-refractivity contribution < 1.29 is 9.21 Å². The van der Waals surface area contributed by atoms with E-state index in [-0.39, 0.29) is 17.7 Å². The number of nitrogens with zero attached hydrogens (tertiary/aromatic N) is 2. The molecule has 2 rings (SSSR count). The van der Waals surface area contributed by atoms with Gasteiger partial charge in [-0.2, -0.15) is 0 Å². The number of aromatic nitrogens is 2. The average molecular weight is 305 g/mol. The lowest BCUT2D eigenvalue weighted by Crippen LogP contribution is -2.33.